The van der Waals surface area contributed by atoms with Crippen molar-refractivity contribution in [3.63, 3.8) is 0 Å². The maximum atomic E-state index is 13.1. The molecule has 0 saturated heterocycles. The van der Waals surface area contributed by atoms with Crippen LogP contribution in [0.5, 0.6) is 5.75 Å². The van der Waals surface area contributed by atoms with Crippen molar-refractivity contribution in [2.24, 2.45) is 0 Å². The normalized spacial score (nSPS) is 16.2. The number of sulfonamides is 1. The van der Waals surface area contributed by atoms with E-state index in [2.05, 4.69) is 5.32 Å². The Morgan fingerprint density at radius 3 is 2.19 bits per heavy atom. The van der Waals surface area contributed by atoms with Gasteiger partial charge in [-0.2, -0.15) is 0 Å². The highest BCUT2D eigenvalue weighted by Gasteiger charge is 2.22. The van der Waals surface area contributed by atoms with E-state index in [0.29, 0.717) is 11.4 Å². The third-order valence-corrected chi connectivity index (χ3v) is 7.36. The number of hydrogen-bond donors (Lipinski definition) is 1. The Morgan fingerprint density at radius 1 is 1.03 bits per heavy atom. The number of nitrogens with one attached hydrogen (secondary N) is 1. The number of amides is 1. The predicted octanol–water partition coefficient (Wildman–Crippen LogP) is 4.26. The predicted molar refractivity (Wildman–Crippen MR) is 118 cm³/mol. The Hall–Kier alpha value is -2.61. The zero-order chi connectivity index (χ0) is 22.4. The summed E-state index contributed by atoms with van der Waals surface area (Å²) >= 11 is 0. The van der Waals surface area contributed by atoms with E-state index in [1.54, 1.807) is 31.2 Å². The Kier molecular flexibility index (Phi) is 7.54. The first kappa shape index (κ1) is 23.1. The number of halogens is 1. The molecule has 1 amide bonds. The van der Waals surface area contributed by atoms with E-state index in [0.717, 1.165) is 42.1 Å². The fraction of sp³-hybridized carbons (Fsp3) is 0.435. The van der Waals surface area contributed by atoms with Crippen LogP contribution in [0.3, 0.4) is 0 Å². The van der Waals surface area contributed by atoms with E-state index in [1.807, 2.05) is 0 Å². The van der Waals surface area contributed by atoms with Crippen LogP contribution in [0.15, 0.2) is 53.4 Å². The summed E-state index contributed by atoms with van der Waals surface area (Å²) in [6.07, 6.45) is 6.05. The summed E-state index contributed by atoms with van der Waals surface area (Å²) in [6, 6.07) is 11.3. The fourth-order valence-electron chi connectivity index (χ4n) is 3.64. The molecule has 168 valence electrons. The Morgan fingerprint density at radius 2 is 1.61 bits per heavy atom. The van der Waals surface area contributed by atoms with Crippen molar-refractivity contribution in [2.75, 3.05) is 11.4 Å². The Bertz CT molecular complexity index is 970. The molecule has 31 heavy (non-hydrogen) atoms. The minimum Gasteiger partial charge on any atom is -0.481 e. The first-order valence-corrected chi connectivity index (χ1v) is 12.0. The third kappa shape index (κ3) is 5.97. The maximum Gasteiger partial charge on any atom is 0.264 e. The lowest BCUT2D eigenvalue weighted by molar-refractivity contribution is -0.128. The van der Waals surface area contributed by atoms with Gasteiger partial charge in [-0.25, -0.2) is 12.8 Å². The van der Waals surface area contributed by atoms with Crippen molar-refractivity contribution in [2.45, 2.75) is 62.5 Å². The number of hydrogen-bond acceptors (Lipinski definition) is 4. The van der Waals surface area contributed by atoms with Gasteiger partial charge in [0.05, 0.1) is 10.6 Å². The van der Waals surface area contributed by atoms with Crippen molar-refractivity contribution in [1.82, 2.24) is 5.32 Å². The molecular formula is C23H29FN2O4S. The molecule has 0 heterocycles. The first-order chi connectivity index (χ1) is 14.8. The number of carbonyl (C=O) groups excluding carboxylic acids is 1. The van der Waals surface area contributed by atoms with Gasteiger partial charge in [0.2, 0.25) is 0 Å². The van der Waals surface area contributed by atoms with Crippen LogP contribution >= 0.6 is 0 Å². The van der Waals surface area contributed by atoms with Gasteiger partial charge in [-0.15, -0.1) is 0 Å². The highest BCUT2D eigenvalue weighted by Crippen LogP contribution is 2.25. The first-order valence-electron chi connectivity index (χ1n) is 10.6. The lowest BCUT2D eigenvalue weighted by Crippen LogP contribution is -2.42. The zero-order valence-corrected chi connectivity index (χ0v) is 18.7. The van der Waals surface area contributed by atoms with Crippen LogP contribution in [0.2, 0.25) is 0 Å². The minimum absolute atomic E-state index is 0.000493. The monoisotopic (exact) mass is 448 g/mol. The summed E-state index contributed by atoms with van der Waals surface area (Å²) < 4.78 is 45.4. The number of nitrogens with zero attached hydrogens (tertiary/aromatic N) is 1. The highest BCUT2D eigenvalue weighted by molar-refractivity contribution is 7.92. The summed E-state index contributed by atoms with van der Waals surface area (Å²) in [5.41, 5.74) is 0.423. The number of carbonyl (C=O) groups is 1. The van der Waals surface area contributed by atoms with E-state index in [4.69, 9.17) is 4.74 Å². The number of ether oxygens (including phenoxy) is 1. The van der Waals surface area contributed by atoms with Crippen LogP contribution < -0.4 is 14.4 Å². The molecule has 2 aromatic rings. The molecule has 2 aromatic carbocycles. The van der Waals surface area contributed by atoms with E-state index < -0.39 is 21.9 Å². The van der Waals surface area contributed by atoms with Gasteiger partial charge in [0.1, 0.15) is 11.6 Å². The van der Waals surface area contributed by atoms with Gasteiger partial charge in [-0.3, -0.25) is 9.10 Å². The van der Waals surface area contributed by atoms with Gasteiger partial charge in [0, 0.05) is 13.1 Å². The molecule has 1 N–H and O–H groups in total. The standard InChI is InChI=1S/C23H29FN2O4S/c1-17(23(27)25-19-7-5-3-4-6-8-19)30-21-13-11-20(12-14-21)26(2)31(28,29)22-15-9-18(24)10-16-22/h9-17,19H,3-8H2,1-2H3,(H,25,27)/t17-/m1/s1. The summed E-state index contributed by atoms with van der Waals surface area (Å²) in [5.74, 6) is -0.174. The molecule has 3 rings (SSSR count). The van der Waals surface area contributed by atoms with E-state index in [1.165, 1.54) is 32.0 Å². The molecule has 0 unspecified atom stereocenters. The van der Waals surface area contributed by atoms with Gasteiger partial charge in [0.15, 0.2) is 6.10 Å². The number of benzene rings is 2. The smallest absolute Gasteiger partial charge is 0.264 e. The second-order valence-electron chi connectivity index (χ2n) is 7.88. The molecule has 0 radical (unpaired) electrons. The number of rotatable bonds is 7. The minimum atomic E-state index is -3.82. The molecule has 8 heteroatoms. The molecular weight excluding hydrogens is 419 g/mol. The maximum absolute atomic E-state index is 13.1. The third-order valence-electron chi connectivity index (χ3n) is 5.56. The molecule has 1 aliphatic rings. The number of anilines is 1. The van der Waals surface area contributed by atoms with E-state index in [-0.39, 0.29) is 16.8 Å². The van der Waals surface area contributed by atoms with Crippen molar-refractivity contribution in [1.29, 1.82) is 0 Å². The van der Waals surface area contributed by atoms with Crippen molar-refractivity contribution < 1.29 is 22.3 Å². The summed E-state index contributed by atoms with van der Waals surface area (Å²) in [7, 11) is -2.39. The molecule has 1 atom stereocenters. The SMILES string of the molecule is C[C@@H](Oc1ccc(N(C)S(=O)(=O)c2ccc(F)cc2)cc1)C(=O)NC1CCCCCC1. The van der Waals surface area contributed by atoms with E-state index in [9.17, 15) is 17.6 Å². The molecule has 0 aromatic heterocycles. The molecule has 6 nitrogen and oxygen atoms in total. The van der Waals surface area contributed by atoms with Gasteiger partial charge >= 0.3 is 0 Å². The summed E-state index contributed by atoms with van der Waals surface area (Å²) in [4.78, 5) is 12.5. The van der Waals surface area contributed by atoms with Crippen LogP contribution in [0.25, 0.3) is 0 Å². The van der Waals surface area contributed by atoms with Crippen molar-refractivity contribution >= 4 is 21.6 Å². The lowest BCUT2D eigenvalue weighted by atomic mass is 10.1. The lowest BCUT2D eigenvalue weighted by Gasteiger charge is -2.21. The Labute approximate surface area is 183 Å². The van der Waals surface area contributed by atoms with Gasteiger partial charge in [-0.1, -0.05) is 25.7 Å². The molecule has 0 spiro atoms. The average molecular weight is 449 g/mol. The van der Waals surface area contributed by atoms with Crippen LogP contribution in [-0.4, -0.2) is 33.5 Å². The molecule has 1 fully saturated rings. The van der Waals surface area contributed by atoms with Crippen LogP contribution in [0, 0.1) is 5.82 Å². The largest absolute Gasteiger partial charge is 0.481 e. The van der Waals surface area contributed by atoms with Gasteiger partial charge in [0.25, 0.3) is 15.9 Å². The van der Waals surface area contributed by atoms with Crippen LogP contribution in [0.4, 0.5) is 10.1 Å². The zero-order valence-electron chi connectivity index (χ0n) is 17.9. The van der Waals surface area contributed by atoms with Crippen LogP contribution in [-0.2, 0) is 14.8 Å². The van der Waals surface area contributed by atoms with Crippen molar-refractivity contribution in [3.8, 4) is 5.75 Å². The topological polar surface area (TPSA) is 75.7 Å². The molecule has 1 saturated carbocycles. The average Bonchev–Trinajstić information content (AvgIpc) is 3.02. The second kappa shape index (κ2) is 10.1. The molecule has 0 bridgehead atoms. The van der Waals surface area contributed by atoms with E-state index >= 15 is 0 Å². The second-order valence-corrected chi connectivity index (χ2v) is 9.85. The van der Waals surface area contributed by atoms with Crippen LogP contribution in [0.1, 0.15) is 45.4 Å². The summed E-state index contributed by atoms with van der Waals surface area (Å²) in [6.45, 7) is 1.70. The van der Waals surface area contributed by atoms with Gasteiger partial charge in [-0.05, 0) is 68.3 Å². The quantitative estimate of drug-likeness (QED) is 0.643. The molecule has 1 aliphatic carbocycles. The molecule has 0 aliphatic heterocycles. The highest BCUT2D eigenvalue weighted by atomic mass is 32.2. The van der Waals surface area contributed by atoms with Crippen molar-refractivity contribution in [3.05, 3.63) is 54.3 Å². The Balaban J connectivity index is 1.61. The summed E-state index contributed by atoms with van der Waals surface area (Å²) in [5, 5.41) is 3.07. The fourth-order valence-corrected chi connectivity index (χ4v) is 4.83. The van der Waals surface area contributed by atoms with Gasteiger partial charge < -0.3 is 10.1 Å².